The van der Waals surface area contributed by atoms with Crippen molar-refractivity contribution in [3.8, 4) is 0 Å². The van der Waals surface area contributed by atoms with Gasteiger partial charge in [-0.15, -0.1) is 0 Å². The molecule has 4 aliphatic carbocycles. The molecule has 21 heavy (non-hydrogen) atoms. The zero-order chi connectivity index (χ0) is 14.6. The van der Waals surface area contributed by atoms with E-state index >= 15 is 0 Å². The molecule has 4 rings (SSSR count). The molecule has 0 amide bonds. The average molecular weight is 287 g/mol. The molecule has 4 aliphatic rings. The van der Waals surface area contributed by atoms with Gasteiger partial charge in [-0.3, -0.25) is 0 Å². The fraction of sp³-hybridized carbons (Fsp3) is 0.905. The first kappa shape index (κ1) is 14.3. The van der Waals surface area contributed by atoms with Crippen molar-refractivity contribution in [3.63, 3.8) is 0 Å². The summed E-state index contributed by atoms with van der Waals surface area (Å²) in [4.78, 5) is 0. The fourth-order valence-electron chi connectivity index (χ4n) is 7.57. The van der Waals surface area contributed by atoms with Gasteiger partial charge in [-0.1, -0.05) is 39.3 Å². The molecule has 0 nitrogen and oxygen atoms in total. The molecule has 0 aliphatic heterocycles. The van der Waals surface area contributed by atoms with Crippen molar-refractivity contribution in [1.29, 1.82) is 0 Å². The van der Waals surface area contributed by atoms with E-state index in [0.717, 1.165) is 41.4 Å². The number of hydrogen-bond acceptors (Lipinski definition) is 0. The highest BCUT2D eigenvalue weighted by Gasteiger charge is 2.56. The highest BCUT2D eigenvalue weighted by Crippen LogP contribution is 2.65. The molecule has 0 aromatic heterocycles. The van der Waals surface area contributed by atoms with Crippen LogP contribution in [0.1, 0.15) is 72.1 Å². The minimum Gasteiger partial charge on any atom is -0.0882 e. The molecule has 0 saturated heterocycles. The van der Waals surface area contributed by atoms with E-state index < -0.39 is 0 Å². The third-order valence-electron chi connectivity index (χ3n) is 8.64. The lowest BCUT2D eigenvalue weighted by atomic mass is 9.48. The fourth-order valence-corrected chi connectivity index (χ4v) is 7.57. The van der Waals surface area contributed by atoms with Gasteiger partial charge in [-0.2, -0.15) is 0 Å². The maximum Gasteiger partial charge on any atom is -0.0266 e. The molecule has 0 aromatic rings. The van der Waals surface area contributed by atoms with Crippen LogP contribution in [-0.2, 0) is 0 Å². The van der Waals surface area contributed by atoms with Gasteiger partial charge in [0.25, 0.3) is 0 Å². The third-order valence-corrected chi connectivity index (χ3v) is 8.64. The summed E-state index contributed by atoms with van der Waals surface area (Å²) in [5.41, 5.74) is 0.701. The Hall–Kier alpha value is -0.260. The average Bonchev–Trinajstić information content (AvgIpc) is 2.84. The van der Waals surface area contributed by atoms with Gasteiger partial charge in [0.05, 0.1) is 0 Å². The summed E-state index contributed by atoms with van der Waals surface area (Å²) in [6.07, 6.45) is 16.9. The molecule has 1 unspecified atom stereocenters. The lowest BCUT2D eigenvalue weighted by Crippen LogP contribution is -2.49. The summed E-state index contributed by atoms with van der Waals surface area (Å²) in [6.45, 7) is 7.69. The van der Waals surface area contributed by atoms with Gasteiger partial charge in [0.1, 0.15) is 0 Å². The van der Waals surface area contributed by atoms with Gasteiger partial charge in [0, 0.05) is 0 Å². The molecule has 118 valence electrons. The van der Waals surface area contributed by atoms with Crippen molar-refractivity contribution < 1.29 is 0 Å². The minimum absolute atomic E-state index is 0.701. The van der Waals surface area contributed by atoms with Crippen LogP contribution in [0, 0.1) is 46.8 Å². The van der Waals surface area contributed by atoms with Crippen LogP contribution in [-0.4, -0.2) is 0 Å². The smallest absolute Gasteiger partial charge is 0.0266 e. The van der Waals surface area contributed by atoms with Gasteiger partial charge in [-0.05, 0) is 91.8 Å². The highest BCUT2D eigenvalue weighted by molar-refractivity contribution is 5.09. The minimum atomic E-state index is 0.701. The second-order valence-electron chi connectivity index (χ2n) is 9.14. The van der Waals surface area contributed by atoms with E-state index in [0.29, 0.717) is 5.41 Å². The normalized spacial score (nSPS) is 55.7. The Labute approximate surface area is 131 Å². The van der Waals surface area contributed by atoms with Crippen molar-refractivity contribution in [2.75, 3.05) is 0 Å². The first-order chi connectivity index (χ1) is 10.1. The predicted molar refractivity (Wildman–Crippen MR) is 90.0 cm³/mol. The van der Waals surface area contributed by atoms with Crippen LogP contribution >= 0.6 is 0 Å². The van der Waals surface area contributed by atoms with E-state index in [-0.39, 0.29) is 0 Å². The maximum atomic E-state index is 2.67. The second kappa shape index (κ2) is 5.14. The van der Waals surface area contributed by atoms with E-state index in [4.69, 9.17) is 0 Å². The Balaban J connectivity index is 1.62. The molecule has 0 N–H and O–H groups in total. The van der Waals surface area contributed by atoms with Crippen molar-refractivity contribution in [3.05, 3.63) is 12.2 Å². The first-order valence-corrected chi connectivity index (χ1v) is 9.80. The molecular weight excluding hydrogens is 252 g/mol. The zero-order valence-electron chi connectivity index (χ0n) is 14.4. The highest BCUT2D eigenvalue weighted by atomic mass is 14.6. The standard InChI is InChI=1S/C21H34/c1-4-15-9-10-20-19-13-14(2)16-7-5-6-8-17(16)18(19)11-12-21(15,20)3/h5-6,14-20H,4,7-13H2,1-3H3/t14-,15-,16?,17-,18+,19+,20-,21+/m0/s1. The Morgan fingerprint density at radius 2 is 1.71 bits per heavy atom. The van der Waals surface area contributed by atoms with Crippen LogP contribution in [0.5, 0.6) is 0 Å². The molecule has 0 bridgehead atoms. The number of fused-ring (bicyclic) bond motifs is 5. The lowest BCUT2D eigenvalue weighted by molar-refractivity contribution is -0.0711. The van der Waals surface area contributed by atoms with E-state index in [9.17, 15) is 0 Å². The zero-order valence-corrected chi connectivity index (χ0v) is 14.4. The van der Waals surface area contributed by atoms with Gasteiger partial charge in [0.15, 0.2) is 0 Å². The van der Waals surface area contributed by atoms with E-state index in [1.807, 2.05) is 0 Å². The Morgan fingerprint density at radius 1 is 0.952 bits per heavy atom. The van der Waals surface area contributed by atoms with E-state index in [1.165, 1.54) is 25.7 Å². The summed E-state index contributed by atoms with van der Waals surface area (Å²) in [5.74, 6) is 7.27. The van der Waals surface area contributed by atoms with E-state index in [1.54, 1.807) is 25.7 Å². The molecule has 0 aromatic carbocycles. The third kappa shape index (κ3) is 2.00. The quantitative estimate of drug-likeness (QED) is 0.513. The van der Waals surface area contributed by atoms with Crippen LogP contribution in [0.4, 0.5) is 0 Å². The largest absolute Gasteiger partial charge is 0.0882 e. The second-order valence-corrected chi connectivity index (χ2v) is 9.14. The van der Waals surface area contributed by atoms with Crippen LogP contribution in [0.3, 0.4) is 0 Å². The van der Waals surface area contributed by atoms with Crippen LogP contribution in [0.2, 0.25) is 0 Å². The summed E-state index contributed by atoms with van der Waals surface area (Å²) in [5, 5.41) is 0. The van der Waals surface area contributed by atoms with Gasteiger partial charge in [-0.25, -0.2) is 0 Å². The lowest BCUT2D eigenvalue weighted by Gasteiger charge is -2.57. The summed E-state index contributed by atoms with van der Waals surface area (Å²) in [6, 6.07) is 0. The number of rotatable bonds is 1. The molecule has 0 radical (unpaired) electrons. The summed E-state index contributed by atoms with van der Waals surface area (Å²) >= 11 is 0. The summed E-state index contributed by atoms with van der Waals surface area (Å²) < 4.78 is 0. The SMILES string of the molecule is CC[C@H]1CC[C@H]2[C@@H]3C[C@H](C)C4CC=CC[C@@H]4[C@H]3CC[C@]12C. The Bertz CT molecular complexity index is 422. The first-order valence-electron chi connectivity index (χ1n) is 9.80. The van der Waals surface area contributed by atoms with Crippen molar-refractivity contribution in [2.24, 2.45) is 46.8 Å². The monoisotopic (exact) mass is 286 g/mol. The maximum absolute atomic E-state index is 2.67. The molecule has 3 saturated carbocycles. The molecule has 3 fully saturated rings. The number of allylic oxidation sites excluding steroid dienone is 2. The molecule has 8 atom stereocenters. The van der Waals surface area contributed by atoms with Gasteiger partial charge in [0.2, 0.25) is 0 Å². The Morgan fingerprint density at radius 3 is 2.48 bits per heavy atom. The molecule has 0 heterocycles. The van der Waals surface area contributed by atoms with Gasteiger partial charge < -0.3 is 0 Å². The molecule has 0 heteroatoms. The topological polar surface area (TPSA) is 0 Å². The molecular formula is C21H34. The van der Waals surface area contributed by atoms with Crippen molar-refractivity contribution in [1.82, 2.24) is 0 Å². The van der Waals surface area contributed by atoms with Crippen LogP contribution < -0.4 is 0 Å². The van der Waals surface area contributed by atoms with E-state index in [2.05, 4.69) is 32.9 Å². The van der Waals surface area contributed by atoms with Crippen molar-refractivity contribution in [2.45, 2.75) is 72.1 Å². The number of hydrogen-bond donors (Lipinski definition) is 0. The summed E-state index contributed by atoms with van der Waals surface area (Å²) in [7, 11) is 0. The van der Waals surface area contributed by atoms with Crippen LogP contribution in [0.15, 0.2) is 12.2 Å². The Kier molecular flexibility index (Phi) is 3.51. The van der Waals surface area contributed by atoms with Gasteiger partial charge >= 0.3 is 0 Å². The predicted octanol–water partition coefficient (Wildman–Crippen LogP) is 6.08. The molecule has 0 spiro atoms. The van der Waals surface area contributed by atoms with Crippen LogP contribution in [0.25, 0.3) is 0 Å². The van der Waals surface area contributed by atoms with Crippen molar-refractivity contribution >= 4 is 0 Å².